The molecule has 10 heteroatoms. The molecule has 3 heterocycles. The molecule has 1 saturated carbocycles. The molecule has 2 fully saturated rings. The Morgan fingerprint density at radius 3 is 2.74 bits per heavy atom. The highest BCUT2D eigenvalue weighted by molar-refractivity contribution is 7.94. The highest BCUT2D eigenvalue weighted by atomic mass is 32.2. The predicted octanol–water partition coefficient (Wildman–Crippen LogP) is 2.54. The lowest BCUT2D eigenvalue weighted by molar-refractivity contribution is 0.00684. The standard InChI is InChI=1S/C17H25N5O4S/c1-8-3-5-10(6-4-8)26-17-19-13(18)12-14(20-17)22(21-15(12)23)16-11(27-24)7-9(2)25-16/h8-11,16,24H,3-7H2,1-2H3,(H,21,23)(H2,18,19,20)/t8?,9?,10?,11-,16?/m1/s1. The van der Waals surface area contributed by atoms with E-state index in [4.69, 9.17) is 15.2 Å². The van der Waals surface area contributed by atoms with Gasteiger partial charge in [0.2, 0.25) is 0 Å². The van der Waals surface area contributed by atoms with Crippen molar-refractivity contribution in [3.8, 4) is 6.01 Å². The Labute approximate surface area is 160 Å². The summed E-state index contributed by atoms with van der Waals surface area (Å²) in [4.78, 5) is 21.0. The number of hydrogen-bond donors (Lipinski definition) is 3. The fourth-order valence-electron chi connectivity index (χ4n) is 3.94. The van der Waals surface area contributed by atoms with E-state index in [-0.39, 0.29) is 40.2 Å². The van der Waals surface area contributed by atoms with Crippen molar-refractivity contribution in [3.63, 3.8) is 0 Å². The van der Waals surface area contributed by atoms with E-state index in [0.29, 0.717) is 18.0 Å². The first-order chi connectivity index (χ1) is 13.0. The molecule has 0 amide bonds. The van der Waals surface area contributed by atoms with Gasteiger partial charge in [0.15, 0.2) is 11.9 Å². The van der Waals surface area contributed by atoms with Gasteiger partial charge in [-0.15, -0.1) is 0 Å². The van der Waals surface area contributed by atoms with Gasteiger partial charge in [-0.2, -0.15) is 9.97 Å². The molecule has 2 aromatic heterocycles. The van der Waals surface area contributed by atoms with E-state index in [1.807, 2.05) is 6.92 Å². The number of hydrogen-bond acceptors (Lipinski definition) is 8. The number of nitrogens with one attached hydrogen (secondary N) is 1. The summed E-state index contributed by atoms with van der Waals surface area (Å²) >= 11 is 0.720. The maximum absolute atomic E-state index is 12.4. The Morgan fingerprint density at radius 1 is 1.30 bits per heavy atom. The molecule has 2 aromatic rings. The smallest absolute Gasteiger partial charge is 0.320 e. The van der Waals surface area contributed by atoms with Gasteiger partial charge in [0.25, 0.3) is 5.56 Å². The summed E-state index contributed by atoms with van der Waals surface area (Å²) in [7, 11) is 0. The van der Waals surface area contributed by atoms with Crippen LogP contribution in [0.2, 0.25) is 0 Å². The molecule has 2 aliphatic rings. The van der Waals surface area contributed by atoms with Crippen LogP contribution in [-0.2, 0) is 4.74 Å². The largest absolute Gasteiger partial charge is 0.460 e. The van der Waals surface area contributed by atoms with Crippen LogP contribution >= 0.6 is 12.0 Å². The molecule has 9 nitrogen and oxygen atoms in total. The fourth-order valence-corrected chi connectivity index (χ4v) is 4.58. The zero-order valence-corrected chi connectivity index (χ0v) is 16.2. The number of fused-ring (bicyclic) bond motifs is 1. The summed E-state index contributed by atoms with van der Waals surface area (Å²) in [5, 5.41) is 2.73. The summed E-state index contributed by atoms with van der Waals surface area (Å²) in [6, 6.07) is 0.173. The van der Waals surface area contributed by atoms with Crippen molar-refractivity contribution < 1.29 is 14.0 Å². The number of ether oxygens (including phenoxy) is 2. The maximum atomic E-state index is 12.4. The summed E-state index contributed by atoms with van der Waals surface area (Å²) in [5.41, 5.74) is 5.99. The van der Waals surface area contributed by atoms with Crippen LogP contribution in [0.1, 0.15) is 52.2 Å². The number of nitrogen functional groups attached to an aromatic ring is 1. The lowest BCUT2D eigenvalue weighted by Gasteiger charge is -2.26. The molecule has 1 aliphatic heterocycles. The molecule has 0 radical (unpaired) electrons. The summed E-state index contributed by atoms with van der Waals surface area (Å²) in [6.07, 6.45) is 4.26. The van der Waals surface area contributed by atoms with Crippen LogP contribution < -0.4 is 16.0 Å². The first-order valence-electron chi connectivity index (χ1n) is 9.36. The number of anilines is 1. The molecule has 0 bridgehead atoms. The van der Waals surface area contributed by atoms with Crippen LogP contribution in [-0.4, -0.2) is 41.8 Å². The lowest BCUT2D eigenvalue weighted by Crippen LogP contribution is -2.24. The van der Waals surface area contributed by atoms with Crippen molar-refractivity contribution in [3.05, 3.63) is 10.4 Å². The molecule has 2 unspecified atom stereocenters. The van der Waals surface area contributed by atoms with Crippen molar-refractivity contribution in [2.75, 3.05) is 5.73 Å². The molecule has 4 rings (SSSR count). The van der Waals surface area contributed by atoms with Crippen molar-refractivity contribution in [2.45, 2.75) is 69.6 Å². The van der Waals surface area contributed by atoms with Crippen LogP contribution in [0.5, 0.6) is 6.01 Å². The topological polar surface area (TPSA) is 128 Å². The second-order valence-electron chi connectivity index (χ2n) is 7.62. The Bertz CT molecular complexity index is 876. The Morgan fingerprint density at radius 2 is 2.04 bits per heavy atom. The minimum absolute atomic E-state index is 0.0419. The normalized spacial score (nSPS) is 31.4. The van der Waals surface area contributed by atoms with Crippen LogP contribution in [0, 0.1) is 5.92 Å². The number of nitrogens with two attached hydrogens (primary N) is 1. The molecule has 4 N–H and O–H groups in total. The van der Waals surface area contributed by atoms with Gasteiger partial charge >= 0.3 is 6.01 Å². The van der Waals surface area contributed by atoms with Gasteiger partial charge in [0.05, 0.1) is 11.4 Å². The minimum atomic E-state index is -0.544. The molecule has 0 spiro atoms. The first kappa shape index (κ1) is 18.6. The van der Waals surface area contributed by atoms with Gasteiger partial charge in [-0.3, -0.25) is 9.89 Å². The van der Waals surface area contributed by atoms with E-state index < -0.39 is 6.23 Å². The van der Waals surface area contributed by atoms with Crippen LogP contribution in [0.15, 0.2) is 4.79 Å². The Kier molecular flexibility index (Phi) is 5.04. The minimum Gasteiger partial charge on any atom is -0.460 e. The molecule has 1 aliphatic carbocycles. The van der Waals surface area contributed by atoms with E-state index >= 15 is 0 Å². The monoisotopic (exact) mass is 395 g/mol. The number of aromatic nitrogens is 4. The number of rotatable bonds is 4. The predicted molar refractivity (Wildman–Crippen MR) is 103 cm³/mol. The molecule has 148 valence electrons. The van der Waals surface area contributed by atoms with Gasteiger partial charge < -0.3 is 19.8 Å². The third-order valence-corrected chi connectivity index (χ3v) is 6.15. The highest BCUT2D eigenvalue weighted by Crippen LogP contribution is 2.37. The average Bonchev–Trinajstić information content (AvgIpc) is 3.17. The SMILES string of the molecule is CC1CCC(Oc2nc(N)c3c(=O)[nH]n(C4OC(C)C[C@H]4SO)c3n2)CC1. The van der Waals surface area contributed by atoms with Gasteiger partial charge in [-0.05, 0) is 57.0 Å². The van der Waals surface area contributed by atoms with E-state index in [2.05, 4.69) is 22.0 Å². The fraction of sp³-hybridized carbons (Fsp3) is 0.706. The van der Waals surface area contributed by atoms with E-state index in [0.717, 1.165) is 37.7 Å². The molecular weight excluding hydrogens is 370 g/mol. The summed E-state index contributed by atoms with van der Waals surface area (Å²) < 4.78 is 23.0. The molecular formula is C17H25N5O4S. The van der Waals surface area contributed by atoms with Crippen LogP contribution in [0.25, 0.3) is 11.0 Å². The van der Waals surface area contributed by atoms with Gasteiger partial charge in [0, 0.05) is 0 Å². The first-order valence-corrected chi connectivity index (χ1v) is 10.2. The van der Waals surface area contributed by atoms with Gasteiger partial charge in [-0.1, -0.05) is 6.92 Å². The highest BCUT2D eigenvalue weighted by Gasteiger charge is 2.37. The lowest BCUT2D eigenvalue weighted by atomic mass is 9.89. The third-order valence-electron chi connectivity index (χ3n) is 5.45. The number of aromatic amines is 1. The van der Waals surface area contributed by atoms with E-state index in [1.54, 1.807) is 0 Å². The van der Waals surface area contributed by atoms with E-state index in [9.17, 15) is 9.35 Å². The molecule has 0 aromatic carbocycles. The second-order valence-corrected chi connectivity index (χ2v) is 8.43. The number of H-pyrrole nitrogens is 1. The molecule has 27 heavy (non-hydrogen) atoms. The van der Waals surface area contributed by atoms with E-state index in [1.165, 1.54) is 4.68 Å². The van der Waals surface area contributed by atoms with Crippen LogP contribution in [0.4, 0.5) is 5.82 Å². The molecule has 3 atom stereocenters. The van der Waals surface area contributed by atoms with Gasteiger partial charge in [0.1, 0.15) is 17.3 Å². The molecule has 1 saturated heterocycles. The van der Waals surface area contributed by atoms with Gasteiger partial charge in [-0.25, -0.2) is 4.68 Å². The van der Waals surface area contributed by atoms with Crippen molar-refractivity contribution in [1.29, 1.82) is 0 Å². The van der Waals surface area contributed by atoms with Crippen molar-refractivity contribution in [1.82, 2.24) is 19.7 Å². The number of nitrogens with zero attached hydrogens (tertiary/aromatic N) is 3. The zero-order chi connectivity index (χ0) is 19.1. The van der Waals surface area contributed by atoms with Crippen molar-refractivity contribution >= 4 is 28.9 Å². The summed E-state index contributed by atoms with van der Waals surface area (Å²) in [5.74, 6) is 0.793. The quantitative estimate of drug-likeness (QED) is 0.674. The Hall–Kier alpha value is -1.78. The maximum Gasteiger partial charge on any atom is 0.320 e. The average molecular weight is 395 g/mol. The van der Waals surface area contributed by atoms with Crippen molar-refractivity contribution in [2.24, 2.45) is 5.92 Å². The summed E-state index contributed by atoms with van der Waals surface area (Å²) in [6.45, 7) is 4.17. The zero-order valence-electron chi connectivity index (χ0n) is 15.4. The second kappa shape index (κ2) is 7.33. The third kappa shape index (κ3) is 3.53. The van der Waals surface area contributed by atoms with Crippen LogP contribution in [0.3, 0.4) is 0 Å². The Balaban J connectivity index is 1.69.